The van der Waals surface area contributed by atoms with Crippen molar-refractivity contribution in [2.24, 2.45) is 0 Å². The quantitative estimate of drug-likeness (QED) is 0.896. The number of nitrogens with one attached hydrogen (secondary N) is 1. The minimum absolute atomic E-state index is 0.0611. The summed E-state index contributed by atoms with van der Waals surface area (Å²) in [6.45, 7) is 4.86. The van der Waals surface area contributed by atoms with Gasteiger partial charge in [0.15, 0.2) is 0 Å². The van der Waals surface area contributed by atoms with Crippen LogP contribution < -0.4 is 10.2 Å². The lowest BCUT2D eigenvalue weighted by molar-refractivity contribution is -0.118. The van der Waals surface area contributed by atoms with Crippen molar-refractivity contribution >= 4 is 23.2 Å². The lowest BCUT2D eigenvalue weighted by atomic mass is 10.2. The smallest absolute Gasteiger partial charge is 0.244 e. The van der Waals surface area contributed by atoms with Crippen LogP contribution in [-0.4, -0.2) is 24.5 Å². The molecule has 0 saturated carbocycles. The van der Waals surface area contributed by atoms with E-state index >= 15 is 0 Å². The number of carbonyl (C=O) groups is 1. The second kappa shape index (κ2) is 5.07. The second-order valence-electron chi connectivity index (χ2n) is 4.63. The molecular formula is C13H17ClN2O. The third-order valence-electron chi connectivity index (χ3n) is 2.86. The van der Waals surface area contributed by atoms with Gasteiger partial charge in [-0.25, -0.2) is 0 Å². The van der Waals surface area contributed by atoms with Gasteiger partial charge in [-0.1, -0.05) is 31.5 Å². The van der Waals surface area contributed by atoms with E-state index in [4.69, 9.17) is 11.6 Å². The first-order valence-electron chi connectivity index (χ1n) is 5.91. The maximum Gasteiger partial charge on any atom is 0.244 e. The molecule has 17 heavy (non-hydrogen) atoms. The molecule has 0 bridgehead atoms. The molecule has 1 aromatic carbocycles. The summed E-state index contributed by atoms with van der Waals surface area (Å²) < 4.78 is 0. The highest BCUT2D eigenvalue weighted by Crippen LogP contribution is 2.24. The Balaban J connectivity index is 2.12. The zero-order valence-corrected chi connectivity index (χ0v) is 10.9. The molecule has 0 aliphatic carbocycles. The summed E-state index contributed by atoms with van der Waals surface area (Å²) in [7, 11) is 0. The number of hydrogen-bond acceptors (Lipinski definition) is 2. The number of anilines is 1. The van der Waals surface area contributed by atoms with Crippen molar-refractivity contribution in [2.75, 3.05) is 11.4 Å². The summed E-state index contributed by atoms with van der Waals surface area (Å²) in [5.74, 6) is 0.140. The SMILES string of the molecule is CC(C)N[C@@H]1CCN(c2cccc(Cl)c2)C1=O. The molecule has 1 aliphatic rings. The summed E-state index contributed by atoms with van der Waals surface area (Å²) in [5.41, 5.74) is 0.885. The summed E-state index contributed by atoms with van der Waals surface area (Å²) in [6.07, 6.45) is 0.851. The van der Waals surface area contributed by atoms with Gasteiger partial charge in [0.25, 0.3) is 0 Å². The van der Waals surface area contributed by atoms with Crippen LogP contribution in [-0.2, 0) is 4.79 Å². The Morgan fingerprint density at radius 3 is 2.88 bits per heavy atom. The molecule has 3 nitrogen and oxygen atoms in total. The van der Waals surface area contributed by atoms with Gasteiger partial charge in [0.1, 0.15) is 0 Å². The van der Waals surface area contributed by atoms with Gasteiger partial charge in [0.2, 0.25) is 5.91 Å². The highest BCUT2D eigenvalue weighted by molar-refractivity contribution is 6.30. The van der Waals surface area contributed by atoms with Crippen molar-refractivity contribution in [3.8, 4) is 0 Å². The van der Waals surface area contributed by atoms with Gasteiger partial charge in [-0.2, -0.15) is 0 Å². The molecule has 1 saturated heterocycles. The van der Waals surface area contributed by atoms with E-state index in [0.29, 0.717) is 11.1 Å². The summed E-state index contributed by atoms with van der Waals surface area (Å²) in [4.78, 5) is 14.0. The first-order chi connectivity index (χ1) is 8.08. The number of halogens is 1. The maximum absolute atomic E-state index is 12.2. The molecule has 0 radical (unpaired) electrons. The topological polar surface area (TPSA) is 32.3 Å². The van der Waals surface area contributed by atoms with Crippen molar-refractivity contribution in [1.82, 2.24) is 5.32 Å². The minimum Gasteiger partial charge on any atom is -0.311 e. The van der Waals surface area contributed by atoms with Crippen LogP contribution in [0.5, 0.6) is 0 Å². The van der Waals surface area contributed by atoms with Crippen LogP contribution in [0.15, 0.2) is 24.3 Å². The van der Waals surface area contributed by atoms with Gasteiger partial charge in [0.05, 0.1) is 6.04 Å². The van der Waals surface area contributed by atoms with Crippen LogP contribution in [0.3, 0.4) is 0 Å². The second-order valence-corrected chi connectivity index (χ2v) is 5.07. The lowest BCUT2D eigenvalue weighted by Gasteiger charge is -2.18. The number of amides is 1. The molecule has 1 atom stereocenters. The third kappa shape index (κ3) is 2.79. The van der Waals surface area contributed by atoms with Crippen molar-refractivity contribution < 1.29 is 4.79 Å². The summed E-state index contributed by atoms with van der Waals surface area (Å²) in [6, 6.07) is 7.69. The Hall–Kier alpha value is -1.06. The normalized spacial score (nSPS) is 20.4. The Morgan fingerprint density at radius 1 is 1.47 bits per heavy atom. The zero-order chi connectivity index (χ0) is 12.4. The van der Waals surface area contributed by atoms with Crippen LogP contribution in [0.1, 0.15) is 20.3 Å². The molecule has 1 aliphatic heterocycles. The minimum atomic E-state index is -0.0611. The average Bonchev–Trinajstić information content (AvgIpc) is 2.60. The highest BCUT2D eigenvalue weighted by Gasteiger charge is 2.32. The first-order valence-corrected chi connectivity index (χ1v) is 6.28. The third-order valence-corrected chi connectivity index (χ3v) is 3.09. The maximum atomic E-state index is 12.2. The summed E-state index contributed by atoms with van der Waals surface area (Å²) in [5, 5.41) is 3.94. The highest BCUT2D eigenvalue weighted by atomic mass is 35.5. The molecule has 1 fully saturated rings. The summed E-state index contributed by atoms with van der Waals surface area (Å²) >= 11 is 5.94. The predicted octanol–water partition coefficient (Wildman–Crippen LogP) is 2.44. The molecule has 0 unspecified atom stereocenters. The molecule has 0 spiro atoms. The fourth-order valence-electron chi connectivity index (χ4n) is 2.14. The average molecular weight is 253 g/mol. The predicted molar refractivity (Wildman–Crippen MR) is 70.5 cm³/mol. The van der Waals surface area contributed by atoms with E-state index in [0.717, 1.165) is 18.7 Å². The zero-order valence-electron chi connectivity index (χ0n) is 10.1. The van der Waals surface area contributed by atoms with E-state index in [9.17, 15) is 4.79 Å². The van der Waals surface area contributed by atoms with E-state index in [-0.39, 0.29) is 11.9 Å². The van der Waals surface area contributed by atoms with Crippen molar-refractivity contribution in [2.45, 2.75) is 32.4 Å². The largest absolute Gasteiger partial charge is 0.311 e. The molecule has 0 aromatic heterocycles. The van der Waals surface area contributed by atoms with Gasteiger partial charge in [0, 0.05) is 23.3 Å². The van der Waals surface area contributed by atoms with E-state index in [1.165, 1.54) is 0 Å². The van der Waals surface area contributed by atoms with E-state index in [1.807, 2.05) is 24.3 Å². The first kappa shape index (κ1) is 12.4. The van der Waals surface area contributed by atoms with E-state index < -0.39 is 0 Å². The Morgan fingerprint density at radius 2 is 2.24 bits per heavy atom. The van der Waals surface area contributed by atoms with Crippen LogP contribution in [0.2, 0.25) is 5.02 Å². The Kier molecular flexibility index (Phi) is 3.69. The Bertz CT molecular complexity index is 420. The number of rotatable bonds is 3. The van der Waals surface area contributed by atoms with Crippen LogP contribution in [0.25, 0.3) is 0 Å². The van der Waals surface area contributed by atoms with Crippen molar-refractivity contribution in [3.63, 3.8) is 0 Å². The molecule has 1 heterocycles. The van der Waals surface area contributed by atoms with Gasteiger partial charge < -0.3 is 10.2 Å². The van der Waals surface area contributed by atoms with Crippen molar-refractivity contribution in [1.29, 1.82) is 0 Å². The van der Waals surface area contributed by atoms with Gasteiger partial charge in [-0.3, -0.25) is 4.79 Å². The van der Waals surface area contributed by atoms with Gasteiger partial charge in [-0.15, -0.1) is 0 Å². The molecule has 4 heteroatoms. The molecule has 1 amide bonds. The standard InChI is InChI=1S/C13H17ClN2O/c1-9(2)15-12-6-7-16(13(12)17)11-5-3-4-10(14)8-11/h3-5,8-9,12,15H,6-7H2,1-2H3/t12-/m1/s1. The fraction of sp³-hybridized carbons (Fsp3) is 0.462. The van der Waals surface area contributed by atoms with Gasteiger partial charge >= 0.3 is 0 Å². The molecular weight excluding hydrogens is 236 g/mol. The lowest BCUT2D eigenvalue weighted by Crippen LogP contribution is -2.41. The molecule has 1 aromatic rings. The fourth-order valence-corrected chi connectivity index (χ4v) is 2.32. The molecule has 92 valence electrons. The van der Waals surface area contributed by atoms with Crippen LogP contribution >= 0.6 is 11.6 Å². The molecule has 1 N–H and O–H groups in total. The monoisotopic (exact) mass is 252 g/mol. The number of hydrogen-bond donors (Lipinski definition) is 1. The number of nitrogens with zero attached hydrogens (tertiary/aromatic N) is 1. The van der Waals surface area contributed by atoms with Crippen molar-refractivity contribution in [3.05, 3.63) is 29.3 Å². The molecule has 2 rings (SSSR count). The van der Waals surface area contributed by atoms with Crippen LogP contribution in [0.4, 0.5) is 5.69 Å². The number of carbonyl (C=O) groups excluding carboxylic acids is 1. The van der Waals surface area contributed by atoms with Crippen LogP contribution in [0, 0.1) is 0 Å². The number of benzene rings is 1. The Labute approximate surface area is 107 Å². The van der Waals surface area contributed by atoms with E-state index in [2.05, 4.69) is 19.2 Å². The van der Waals surface area contributed by atoms with Gasteiger partial charge in [-0.05, 0) is 24.6 Å². The van der Waals surface area contributed by atoms with E-state index in [1.54, 1.807) is 4.90 Å².